The second kappa shape index (κ2) is 4.14. The zero-order valence-electron chi connectivity index (χ0n) is 10.2. The first-order valence-electron chi connectivity index (χ1n) is 5.98. The molecule has 0 saturated carbocycles. The number of aromatic nitrogens is 3. The van der Waals surface area contributed by atoms with Crippen LogP contribution in [-0.4, -0.2) is 14.5 Å². The minimum absolute atomic E-state index is 0.516. The standard InChI is InChI=1S/C14H14N4/c1-2-18-12-8-4-3-6-10(12)17-14(18)11-7-5-9-13(15)16-11/h3-9H,2H2,1H3,(H2,15,16). The first-order valence-corrected chi connectivity index (χ1v) is 5.98. The van der Waals surface area contributed by atoms with Crippen LogP contribution in [0.15, 0.2) is 42.5 Å². The van der Waals surface area contributed by atoms with Crippen LogP contribution in [0, 0.1) is 0 Å². The molecule has 3 aromatic rings. The van der Waals surface area contributed by atoms with Crippen LogP contribution in [0.25, 0.3) is 22.6 Å². The van der Waals surface area contributed by atoms with Gasteiger partial charge in [-0.05, 0) is 31.2 Å². The van der Waals surface area contributed by atoms with Crippen LogP contribution in [-0.2, 0) is 6.54 Å². The highest BCUT2D eigenvalue weighted by Gasteiger charge is 2.11. The number of hydrogen-bond acceptors (Lipinski definition) is 3. The second-order valence-electron chi connectivity index (χ2n) is 4.12. The van der Waals surface area contributed by atoms with Gasteiger partial charge in [0.1, 0.15) is 11.5 Å². The average molecular weight is 238 g/mol. The van der Waals surface area contributed by atoms with Gasteiger partial charge in [-0.25, -0.2) is 9.97 Å². The maximum absolute atomic E-state index is 5.73. The van der Waals surface area contributed by atoms with Crippen LogP contribution in [0.3, 0.4) is 0 Å². The van der Waals surface area contributed by atoms with E-state index in [0.29, 0.717) is 5.82 Å². The Morgan fingerprint density at radius 2 is 1.89 bits per heavy atom. The third-order valence-corrected chi connectivity index (χ3v) is 2.97. The number of para-hydroxylation sites is 2. The number of nitrogens with zero attached hydrogens (tertiary/aromatic N) is 3. The van der Waals surface area contributed by atoms with Gasteiger partial charge in [-0.3, -0.25) is 0 Å². The molecule has 3 rings (SSSR count). The third kappa shape index (κ3) is 1.62. The van der Waals surface area contributed by atoms with E-state index < -0.39 is 0 Å². The number of rotatable bonds is 2. The summed E-state index contributed by atoms with van der Waals surface area (Å²) in [5.74, 6) is 1.38. The van der Waals surface area contributed by atoms with E-state index in [0.717, 1.165) is 29.1 Å². The normalized spacial score (nSPS) is 10.9. The highest BCUT2D eigenvalue weighted by atomic mass is 15.1. The molecule has 90 valence electrons. The van der Waals surface area contributed by atoms with Crippen molar-refractivity contribution in [3.8, 4) is 11.5 Å². The molecule has 0 aliphatic carbocycles. The summed E-state index contributed by atoms with van der Waals surface area (Å²) < 4.78 is 2.15. The fourth-order valence-electron chi connectivity index (χ4n) is 2.17. The molecule has 0 bridgehead atoms. The number of pyridine rings is 1. The van der Waals surface area contributed by atoms with Gasteiger partial charge in [0.15, 0.2) is 5.82 Å². The Hall–Kier alpha value is -2.36. The van der Waals surface area contributed by atoms with Crippen LogP contribution in [0.4, 0.5) is 5.82 Å². The Bertz CT molecular complexity index is 700. The lowest BCUT2D eigenvalue weighted by molar-refractivity contribution is 0.793. The highest BCUT2D eigenvalue weighted by Crippen LogP contribution is 2.23. The predicted molar refractivity (Wildman–Crippen MR) is 73.1 cm³/mol. The molecule has 4 heteroatoms. The molecular weight excluding hydrogens is 224 g/mol. The number of imidazole rings is 1. The van der Waals surface area contributed by atoms with E-state index in [9.17, 15) is 0 Å². The molecule has 0 atom stereocenters. The van der Waals surface area contributed by atoms with Crippen LogP contribution >= 0.6 is 0 Å². The SMILES string of the molecule is CCn1c(-c2cccc(N)n2)nc2ccccc21. The number of hydrogen-bond donors (Lipinski definition) is 1. The molecule has 0 radical (unpaired) electrons. The molecule has 2 N–H and O–H groups in total. The molecule has 0 fully saturated rings. The van der Waals surface area contributed by atoms with E-state index in [1.807, 2.05) is 30.3 Å². The van der Waals surface area contributed by atoms with E-state index >= 15 is 0 Å². The molecule has 0 amide bonds. The first-order chi connectivity index (χ1) is 8.79. The van der Waals surface area contributed by atoms with Crippen molar-refractivity contribution in [2.75, 3.05) is 5.73 Å². The Labute approximate surface area is 105 Å². The summed E-state index contributed by atoms with van der Waals surface area (Å²) in [5, 5.41) is 0. The Balaban J connectivity index is 2.28. The molecule has 2 aromatic heterocycles. The number of aryl methyl sites for hydroxylation is 1. The summed E-state index contributed by atoms with van der Waals surface area (Å²) in [6.45, 7) is 2.95. The van der Waals surface area contributed by atoms with Crippen LogP contribution in [0.2, 0.25) is 0 Å². The van der Waals surface area contributed by atoms with Crippen LogP contribution < -0.4 is 5.73 Å². The van der Waals surface area contributed by atoms with Crippen molar-refractivity contribution in [3.63, 3.8) is 0 Å². The fraction of sp³-hybridized carbons (Fsp3) is 0.143. The van der Waals surface area contributed by atoms with Crippen molar-refractivity contribution in [1.29, 1.82) is 0 Å². The maximum atomic E-state index is 5.73. The van der Waals surface area contributed by atoms with Gasteiger partial charge in [-0.15, -0.1) is 0 Å². The number of nitrogen functional groups attached to an aromatic ring is 1. The van der Waals surface area contributed by atoms with E-state index in [4.69, 9.17) is 5.73 Å². The van der Waals surface area contributed by atoms with E-state index in [1.165, 1.54) is 0 Å². The van der Waals surface area contributed by atoms with Crippen molar-refractivity contribution in [2.45, 2.75) is 13.5 Å². The number of anilines is 1. The summed E-state index contributed by atoms with van der Waals surface area (Å²) in [6.07, 6.45) is 0. The lowest BCUT2D eigenvalue weighted by Crippen LogP contribution is -2.00. The van der Waals surface area contributed by atoms with Crippen molar-refractivity contribution in [1.82, 2.24) is 14.5 Å². The molecule has 0 unspecified atom stereocenters. The zero-order valence-corrected chi connectivity index (χ0v) is 10.2. The molecule has 4 nitrogen and oxygen atoms in total. The lowest BCUT2D eigenvalue weighted by Gasteiger charge is -2.05. The van der Waals surface area contributed by atoms with Crippen LogP contribution in [0.5, 0.6) is 0 Å². The van der Waals surface area contributed by atoms with Gasteiger partial charge in [0.05, 0.1) is 11.0 Å². The smallest absolute Gasteiger partial charge is 0.159 e. The molecule has 18 heavy (non-hydrogen) atoms. The summed E-state index contributed by atoms with van der Waals surface area (Å²) in [4.78, 5) is 8.98. The largest absolute Gasteiger partial charge is 0.384 e. The molecule has 0 aliphatic rings. The molecular formula is C14H14N4. The maximum Gasteiger partial charge on any atom is 0.159 e. The van der Waals surface area contributed by atoms with Crippen molar-refractivity contribution >= 4 is 16.9 Å². The monoisotopic (exact) mass is 238 g/mol. The van der Waals surface area contributed by atoms with Crippen molar-refractivity contribution in [3.05, 3.63) is 42.5 Å². The molecule has 0 aliphatic heterocycles. The summed E-state index contributed by atoms with van der Waals surface area (Å²) in [5.41, 5.74) is 8.66. The number of benzene rings is 1. The van der Waals surface area contributed by atoms with Gasteiger partial charge in [-0.2, -0.15) is 0 Å². The summed E-state index contributed by atoms with van der Waals surface area (Å²) >= 11 is 0. The van der Waals surface area contributed by atoms with Crippen molar-refractivity contribution < 1.29 is 0 Å². The lowest BCUT2D eigenvalue weighted by atomic mass is 10.3. The quantitative estimate of drug-likeness (QED) is 0.746. The van der Waals surface area contributed by atoms with Gasteiger partial charge >= 0.3 is 0 Å². The predicted octanol–water partition coefficient (Wildman–Crippen LogP) is 2.70. The summed E-state index contributed by atoms with van der Waals surface area (Å²) in [7, 11) is 0. The Morgan fingerprint density at radius 1 is 1.06 bits per heavy atom. The minimum atomic E-state index is 0.516. The van der Waals surface area contributed by atoms with Gasteiger partial charge in [0.25, 0.3) is 0 Å². The number of fused-ring (bicyclic) bond motifs is 1. The fourth-order valence-corrected chi connectivity index (χ4v) is 2.17. The van der Waals surface area contributed by atoms with Crippen molar-refractivity contribution in [2.24, 2.45) is 0 Å². The van der Waals surface area contributed by atoms with Gasteiger partial charge < -0.3 is 10.3 Å². The summed E-state index contributed by atoms with van der Waals surface area (Å²) in [6, 6.07) is 13.7. The highest BCUT2D eigenvalue weighted by molar-refractivity contribution is 5.80. The molecule has 0 spiro atoms. The van der Waals surface area contributed by atoms with Gasteiger partial charge in [-0.1, -0.05) is 18.2 Å². The van der Waals surface area contributed by atoms with Crippen LogP contribution in [0.1, 0.15) is 6.92 Å². The Morgan fingerprint density at radius 3 is 2.67 bits per heavy atom. The van der Waals surface area contributed by atoms with Gasteiger partial charge in [0.2, 0.25) is 0 Å². The van der Waals surface area contributed by atoms with E-state index in [1.54, 1.807) is 6.07 Å². The molecule has 1 aromatic carbocycles. The second-order valence-corrected chi connectivity index (χ2v) is 4.12. The first kappa shape index (κ1) is 10.8. The number of nitrogens with two attached hydrogens (primary N) is 1. The third-order valence-electron chi connectivity index (χ3n) is 2.97. The van der Waals surface area contributed by atoms with Gasteiger partial charge in [0, 0.05) is 6.54 Å². The van der Waals surface area contributed by atoms with E-state index in [-0.39, 0.29) is 0 Å². The molecule has 2 heterocycles. The Kier molecular flexibility index (Phi) is 2.48. The topological polar surface area (TPSA) is 56.7 Å². The zero-order chi connectivity index (χ0) is 12.5. The average Bonchev–Trinajstić information content (AvgIpc) is 2.77. The minimum Gasteiger partial charge on any atom is -0.384 e. The molecule has 0 saturated heterocycles. The van der Waals surface area contributed by atoms with E-state index in [2.05, 4.69) is 27.5 Å².